The van der Waals surface area contributed by atoms with Gasteiger partial charge in [0.15, 0.2) is 0 Å². The summed E-state index contributed by atoms with van der Waals surface area (Å²) >= 11 is 0. The van der Waals surface area contributed by atoms with Crippen LogP contribution in [-0.4, -0.2) is 30.5 Å². The molecule has 0 heterocycles. The molecule has 6 heteroatoms. The van der Waals surface area contributed by atoms with Crippen molar-refractivity contribution in [2.24, 2.45) is 0 Å². The molecule has 0 fully saturated rings. The Morgan fingerprint density at radius 1 is 1.11 bits per heavy atom. The Bertz CT molecular complexity index is 414. The highest BCUT2D eigenvalue weighted by Crippen LogP contribution is 2.27. The number of hydrogen-bond donors (Lipinski definition) is 1. The second kappa shape index (κ2) is 6.48. The third-order valence-corrected chi connectivity index (χ3v) is 2.02. The van der Waals surface area contributed by atoms with E-state index in [0.717, 1.165) is 0 Å². The lowest BCUT2D eigenvalue weighted by atomic mass is 10.3. The van der Waals surface area contributed by atoms with Gasteiger partial charge in [-0.15, -0.1) is 0 Å². The molecule has 0 aliphatic heterocycles. The molecule has 1 N–H and O–H groups in total. The molecule has 0 atom stereocenters. The van der Waals surface area contributed by atoms with Crippen molar-refractivity contribution < 1.29 is 24.2 Å². The lowest BCUT2D eigenvalue weighted by molar-refractivity contribution is 0.140. The van der Waals surface area contributed by atoms with Gasteiger partial charge in [0.05, 0.1) is 13.2 Å². The summed E-state index contributed by atoms with van der Waals surface area (Å²) in [5, 5.41) is 9.66. The van der Waals surface area contributed by atoms with Gasteiger partial charge in [0.2, 0.25) is 0 Å². The van der Waals surface area contributed by atoms with Crippen molar-refractivity contribution in [3.63, 3.8) is 0 Å². The Balaban J connectivity index is 3.08. The van der Waals surface area contributed by atoms with E-state index in [1.807, 2.05) is 0 Å². The zero-order valence-electron chi connectivity index (χ0n) is 10.3. The summed E-state index contributed by atoms with van der Waals surface area (Å²) in [4.78, 5) is 24.1. The smallest absolute Gasteiger partial charge is 0.424 e. The zero-order chi connectivity index (χ0) is 13.5. The summed E-state index contributed by atoms with van der Waals surface area (Å²) in [5.41, 5.74) is 0.0226. The van der Waals surface area contributed by atoms with Gasteiger partial charge in [-0.1, -0.05) is 12.1 Å². The maximum atomic E-state index is 11.7. The molecule has 98 valence electrons. The molecule has 1 rings (SSSR count). The Morgan fingerprint density at radius 2 is 1.61 bits per heavy atom. The van der Waals surface area contributed by atoms with E-state index in [9.17, 15) is 14.7 Å². The number of phenols is 1. The standard InChI is InChI=1S/C12H15NO5/c1-3-17-11(15)13(12(16)18-4-2)9-7-5-6-8-10(9)14/h5-8,14H,3-4H2,1-2H3. The topological polar surface area (TPSA) is 76.1 Å². The molecule has 0 radical (unpaired) electrons. The van der Waals surface area contributed by atoms with E-state index >= 15 is 0 Å². The van der Waals surface area contributed by atoms with Gasteiger partial charge in [-0.3, -0.25) is 0 Å². The number of aromatic hydroxyl groups is 1. The first-order valence-corrected chi connectivity index (χ1v) is 5.53. The molecular formula is C12H15NO5. The van der Waals surface area contributed by atoms with Crippen LogP contribution in [-0.2, 0) is 9.47 Å². The van der Waals surface area contributed by atoms with Crippen molar-refractivity contribution >= 4 is 17.9 Å². The van der Waals surface area contributed by atoms with Crippen LogP contribution in [0.25, 0.3) is 0 Å². The molecule has 1 aromatic rings. The molecule has 0 saturated carbocycles. The molecule has 18 heavy (non-hydrogen) atoms. The first-order chi connectivity index (χ1) is 8.61. The van der Waals surface area contributed by atoms with Crippen LogP contribution in [0.1, 0.15) is 13.8 Å². The monoisotopic (exact) mass is 253 g/mol. The molecular weight excluding hydrogens is 238 g/mol. The number of anilines is 1. The van der Waals surface area contributed by atoms with E-state index in [2.05, 4.69) is 0 Å². The van der Waals surface area contributed by atoms with Gasteiger partial charge < -0.3 is 14.6 Å². The van der Waals surface area contributed by atoms with E-state index in [0.29, 0.717) is 4.90 Å². The Hall–Kier alpha value is -2.24. The van der Waals surface area contributed by atoms with E-state index in [4.69, 9.17) is 9.47 Å². The molecule has 1 aromatic carbocycles. The van der Waals surface area contributed by atoms with Gasteiger partial charge in [-0.2, -0.15) is 4.90 Å². The number of phenolic OH excluding ortho intramolecular Hbond substituents is 1. The van der Waals surface area contributed by atoms with Crippen molar-refractivity contribution in [3.05, 3.63) is 24.3 Å². The number of imide groups is 1. The number of ether oxygens (including phenoxy) is 2. The van der Waals surface area contributed by atoms with Gasteiger partial charge >= 0.3 is 12.2 Å². The van der Waals surface area contributed by atoms with E-state index in [1.54, 1.807) is 26.0 Å². The second-order valence-electron chi connectivity index (χ2n) is 3.22. The normalized spacial score (nSPS) is 9.67. The van der Waals surface area contributed by atoms with Crippen molar-refractivity contribution in [2.75, 3.05) is 18.1 Å². The van der Waals surface area contributed by atoms with Crippen LogP contribution in [0.5, 0.6) is 5.75 Å². The largest absolute Gasteiger partial charge is 0.506 e. The third-order valence-electron chi connectivity index (χ3n) is 2.02. The Kier molecular flexibility index (Phi) is 4.98. The van der Waals surface area contributed by atoms with Crippen molar-refractivity contribution in [1.29, 1.82) is 0 Å². The van der Waals surface area contributed by atoms with Gasteiger partial charge in [0.1, 0.15) is 11.4 Å². The van der Waals surface area contributed by atoms with Crippen molar-refractivity contribution in [1.82, 2.24) is 0 Å². The minimum atomic E-state index is -0.891. The number of benzene rings is 1. The molecule has 2 amide bonds. The molecule has 0 saturated heterocycles. The van der Waals surface area contributed by atoms with Gasteiger partial charge in [0.25, 0.3) is 0 Å². The predicted molar refractivity (Wildman–Crippen MR) is 64.6 cm³/mol. The van der Waals surface area contributed by atoms with Crippen LogP contribution in [0.2, 0.25) is 0 Å². The van der Waals surface area contributed by atoms with Crippen LogP contribution in [0.15, 0.2) is 24.3 Å². The predicted octanol–water partition coefficient (Wildman–Crippen LogP) is 2.51. The molecule has 0 aromatic heterocycles. The van der Waals surface area contributed by atoms with Crippen LogP contribution < -0.4 is 4.90 Å². The van der Waals surface area contributed by atoms with Crippen LogP contribution in [0, 0.1) is 0 Å². The summed E-state index contributed by atoms with van der Waals surface area (Å²) in [6, 6.07) is 5.94. The third kappa shape index (κ3) is 3.13. The lowest BCUT2D eigenvalue weighted by Crippen LogP contribution is -2.38. The molecule has 0 unspecified atom stereocenters. The minimum absolute atomic E-state index is 0.0226. The molecule has 6 nitrogen and oxygen atoms in total. The second-order valence-corrected chi connectivity index (χ2v) is 3.22. The quantitative estimate of drug-likeness (QED) is 0.895. The highest BCUT2D eigenvalue weighted by Gasteiger charge is 2.28. The summed E-state index contributed by atoms with van der Waals surface area (Å²) < 4.78 is 9.51. The average Bonchev–Trinajstić information content (AvgIpc) is 2.33. The first-order valence-electron chi connectivity index (χ1n) is 5.53. The number of carbonyl (C=O) groups excluding carboxylic acids is 2. The number of rotatable bonds is 3. The van der Waals surface area contributed by atoms with Crippen LogP contribution in [0.3, 0.4) is 0 Å². The van der Waals surface area contributed by atoms with E-state index in [-0.39, 0.29) is 24.7 Å². The van der Waals surface area contributed by atoms with Gasteiger partial charge in [-0.05, 0) is 26.0 Å². The zero-order valence-corrected chi connectivity index (χ0v) is 10.3. The maximum Gasteiger partial charge on any atom is 0.424 e. The van der Waals surface area contributed by atoms with Crippen LogP contribution >= 0.6 is 0 Å². The molecule has 0 aliphatic carbocycles. The Morgan fingerprint density at radius 3 is 2.06 bits per heavy atom. The number of hydrogen-bond acceptors (Lipinski definition) is 5. The number of amides is 2. The summed E-state index contributed by atoms with van der Waals surface area (Å²) in [7, 11) is 0. The number of para-hydroxylation sites is 2. The number of nitrogens with zero attached hydrogens (tertiary/aromatic N) is 1. The molecule has 0 spiro atoms. The fourth-order valence-electron chi connectivity index (χ4n) is 1.30. The van der Waals surface area contributed by atoms with Crippen LogP contribution in [0.4, 0.5) is 15.3 Å². The fourth-order valence-corrected chi connectivity index (χ4v) is 1.30. The van der Waals surface area contributed by atoms with Crippen molar-refractivity contribution in [2.45, 2.75) is 13.8 Å². The summed E-state index contributed by atoms with van der Waals surface area (Å²) in [6.45, 7) is 3.46. The minimum Gasteiger partial charge on any atom is -0.506 e. The molecule has 0 aliphatic rings. The first kappa shape index (κ1) is 13.8. The summed E-state index contributed by atoms with van der Waals surface area (Å²) in [6.07, 6.45) is -1.78. The van der Waals surface area contributed by atoms with Gasteiger partial charge in [-0.25, -0.2) is 9.59 Å². The fraction of sp³-hybridized carbons (Fsp3) is 0.333. The van der Waals surface area contributed by atoms with E-state index < -0.39 is 12.2 Å². The van der Waals surface area contributed by atoms with Crippen molar-refractivity contribution in [3.8, 4) is 5.75 Å². The van der Waals surface area contributed by atoms with Gasteiger partial charge in [0, 0.05) is 0 Å². The lowest BCUT2D eigenvalue weighted by Gasteiger charge is -2.19. The molecule has 0 bridgehead atoms. The Labute approximate surface area is 105 Å². The highest BCUT2D eigenvalue weighted by atomic mass is 16.6. The number of carbonyl (C=O) groups is 2. The average molecular weight is 253 g/mol. The summed E-state index contributed by atoms with van der Waals surface area (Å²) in [5.74, 6) is -0.210. The highest BCUT2D eigenvalue weighted by molar-refractivity contribution is 6.10. The maximum absolute atomic E-state index is 11.7. The SMILES string of the molecule is CCOC(=O)N(C(=O)OCC)c1ccccc1O. The van der Waals surface area contributed by atoms with E-state index in [1.165, 1.54) is 12.1 Å².